The summed E-state index contributed by atoms with van der Waals surface area (Å²) in [5, 5.41) is 28.3. The fourth-order valence-electron chi connectivity index (χ4n) is 3.12. The number of nitro benzene ring substituents is 1. The van der Waals surface area contributed by atoms with Gasteiger partial charge in [0.25, 0.3) is 5.69 Å². The van der Waals surface area contributed by atoms with Crippen molar-refractivity contribution in [1.29, 1.82) is 0 Å². The molecule has 0 saturated carbocycles. The highest BCUT2D eigenvalue weighted by Gasteiger charge is 2.23. The van der Waals surface area contributed by atoms with Crippen molar-refractivity contribution < 1.29 is 9.85 Å². The molecule has 1 aromatic heterocycles. The Hall–Kier alpha value is -3.34. The molecule has 3 rings (SSSR count). The van der Waals surface area contributed by atoms with E-state index in [0.717, 1.165) is 19.6 Å². The van der Waals surface area contributed by atoms with Crippen LogP contribution in [0, 0.1) is 20.2 Å². The van der Waals surface area contributed by atoms with Crippen LogP contribution in [0.5, 0.6) is 0 Å². The van der Waals surface area contributed by atoms with Crippen LogP contribution in [0.3, 0.4) is 0 Å². The van der Waals surface area contributed by atoms with Crippen LogP contribution in [0.15, 0.2) is 30.6 Å². The molecule has 0 radical (unpaired) electrons. The molecule has 1 aliphatic heterocycles. The van der Waals surface area contributed by atoms with E-state index in [1.54, 1.807) is 6.07 Å². The third-order valence-corrected chi connectivity index (χ3v) is 4.49. The maximum Gasteiger partial charge on any atom is 0.353 e. The molecule has 11 nitrogen and oxygen atoms in total. The Bertz CT molecular complexity index is 855. The van der Waals surface area contributed by atoms with Gasteiger partial charge in [0.1, 0.15) is 6.33 Å². The summed E-state index contributed by atoms with van der Waals surface area (Å²) in [5.74, 6) is 0.0888. The molecule has 0 amide bonds. The molecular formula is C17H21N7O4. The first kappa shape index (κ1) is 19.4. The fourth-order valence-corrected chi connectivity index (χ4v) is 3.12. The van der Waals surface area contributed by atoms with Crippen molar-refractivity contribution >= 4 is 28.7 Å². The number of benzene rings is 1. The van der Waals surface area contributed by atoms with Crippen LogP contribution >= 0.6 is 0 Å². The van der Waals surface area contributed by atoms with Crippen LogP contribution in [0.2, 0.25) is 0 Å². The SMILES string of the molecule is O=[N+]([O-])c1cccc(Nc2ncnc(NCCN3CCCCC3)c2[N+](=O)[O-])c1. The molecule has 1 fully saturated rings. The minimum absolute atomic E-state index is 0.0269. The Balaban J connectivity index is 1.74. The summed E-state index contributed by atoms with van der Waals surface area (Å²) >= 11 is 0. The summed E-state index contributed by atoms with van der Waals surface area (Å²) < 4.78 is 0. The molecule has 1 saturated heterocycles. The molecule has 1 aliphatic rings. The number of hydrogen-bond donors (Lipinski definition) is 2. The van der Waals surface area contributed by atoms with Crippen molar-refractivity contribution in [3.05, 3.63) is 50.8 Å². The zero-order valence-electron chi connectivity index (χ0n) is 15.2. The van der Waals surface area contributed by atoms with Crippen molar-refractivity contribution in [2.75, 3.05) is 36.8 Å². The molecule has 2 heterocycles. The molecule has 0 spiro atoms. The smallest absolute Gasteiger partial charge is 0.353 e. The van der Waals surface area contributed by atoms with Gasteiger partial charge < -0.3 is 15.5 Å². The predicted molar refractivity (Wildman–Crippen MR) is 104 cm³/mol. The summed E-state index contributed by atoms with van der Waals surface area (Å²) in [6.45, 7) is 3.36. The van der Waals surface area contributed by atoms with E-state index in [1.165, 1.54) is 43.8 Å². The summed E-state index contributed by atoms with van der Waals surface area (Å²) in [5.41, 5.74) is -0.0930. The molecule has 148 valence electrons. The second-order valence-electron chi connectivity index (χ2n) is 6.44. The Labute approximate surface area is 161 Å². The van der Waals surface area contributed by atoms with Gasteiger partial charge in [0.2, 0.25) is 11.6 Å². The average Bonchev–Trinajstić information content (AvgIpc) is 2.69. The van der Waals surface area contributed by atoms with Gasteiger partial charge in [-0.25, -0.2) is 9.97 Å². The second kappa shape index (κ2) is 9.04. The molecule has 0 unspecified atom stereocenters. The third kappa shape index (κ3) is 4.88. The van der Waals surface area contributed by atoms with Gasteiger partial charge in [-0.1, -0.05) is 12.5 Å². The topological polar surface area (TPSA) is 139 Å². The standard InChI is InChI=1S/C17H21N7O4/c25-23(26)14-6-4-5-13(11-14)21-17-15(24(27)28)16(19-12-20-17)18-7-10-22-8-2-1-3-9-22/h4-6,11-12H,1-3,7-10H2,(H2,18,19,20,21). The van der Waals surface area contributed by atoms with Gasteiger partial charge in [-0.3, -0.25) is 20.2 Å². The number of nitrogens with one attached hydrogen (secondary N) is 2. The van der Waals surface area contributed by atoms with E-state index < -0.39 is 9.85 Å². The maximum absolute atomic E-state index is 11.6. The number of nitrogens with zero attached hydrogens (tertiary/aromatic N) is 5. The minimum atomic E-state index is -0.567. The number of aromatic nitrogens is 2. The lowest BCUT2D eigenvalue weighted by molar-refractivity contribution is -0.384. The van der Waals surface area contributed by atoms with Gasteiger partial charge in [-0.15, -0.1) is 0 Å². The van der Waals surface area contributed by atoms with E-state index in [0.29, 0.717) is 12.2 Å². The normalized spacial score (nSPS) is 14.4. The van der Waals surface area contributed by atoms with Crippen molar-refractivity contribution in [3.8, 4) is 0 Å². The lowest BCUT2D eigenvalue weighted by Crippen LogP contribution is -2.33. The van der Waals surface area contributed by atoms with Crippen molar-refractivity contribution in [3.63, 3.8) is 0 Å². The molecule has 0 bridgehead atoms. The first-order valence-corrected chi connectivity index (χ1v) is 9.01. The Morgan fingerprint density at radius 2 is 1.79 bits per heavy atom. The zero-order valence-corrected chi connectivity index (χ0v) is 15.2. The molecule has 11 heteroatoms. The first-order valence-electron chi connectivity index (χ1n) is 9.01. The van der Waals surface area contributed by atoms with Crippen LogP contribution < -0.4 is 10.6 Å². The third-order valence-electron chi connectivity index (χ3n) is 4.49. The molecule has 0 atom stereocenters. The Morgan fingerprint density at radius 3 is 2.50 bits per heavy atom. The largest absolute Gasteiger partial charge is 0.363 e. The van der Waals surface area contributed by atoms with Crippen LogP contribution in [0.1, 0.15) is 19.3 Å². The number of anilines is 3. The van der Waals surface area contributed by atoms with Gasteiger partial charge >= 0.3 is 5.69 Å². The van der Waals surface area contributed by atoms with Gasteiger partial charge in [0.15, 0.2) is 0 Å². The summed E-state index contributed by atoms with van der Waals surface area (Å²) in [7, 11) is 0. The van der Waals surface area contributed by atoms with E-state index in [-0.39, 0.29) is 23.0 Å². The van der Waals surface area contributed by atoms with Crippen LogP contribution in [0.4, 0.5) is 28.7 Å². The highest BCUT2D eigenvalue weighted by Crippen LogP contribution is 2.31. The van der Waals surface area contributed by atoms with Gasteiger partial charge in [0.05, 0.1) is 9.85 Å². The highest BCUT2D eigenvalue weighted by atomic mass is 16.6. The number of nitro groups is 2. The van der Waals surface area contributed by atoms with Gasteiger partial charge in [0, 0.05) is 30.9 Å². The average molecular weight is 387 g/mol. The first-order chi connectivity index (χ1) is 13.5. The van der Waals surface area contributed by atoms with Crippen LogP contribution in [-0.2, 0) is 0 Å². The van der Waals surface area contributed by atoms with E-state index in [1.807, 2.05) is 0 Å². The lowest BCUT2D eigenvalue weighted by Gasteiger charge is -2.26. The summed E-state index contributed by atoms with van der Waals surface area (Å²) in [6, 6.07) is 5.69. The van der Waals surface area contributed by atoms with Crippen LogP contribution in [0.25, 0.3) is 0 Å². The fraction of sp³-hybridized carbons (Fsp3) is 0.412. The molecule has 0 aliphatic carbocycles. The van der Waals surface area contributed by atoms with E-state index in [4.69, 9.17) is 0 Å². The number of likely N-dealkylation sites (tertiary alicyclic amines) is 1. The van der Waals surface area contributed by atoms with Crippen LogP contribution in [-0.4, -0.2) is 50.9 Å². The van der Waals surface area contributed by atoms with E-state index >= 15 is 0 Å². The highest BCUT2D eigenvalue weighted by molar-refractivity contribution is 5.74. The number of hydrogen-bond acceptors (Lipinski definition) is 9. The second-order valence-corrected chi connectivity index (χ2v) is 6.44. The van der Waals surface area contributed by atoms with Gasteiger partial charge in [-0.05, 0) is 32.0 Å². The monoisotopic (exact) mass is 387 g/mol. The molecule has 2 N–H and O–H groups in total. The van der Waals surface area contributed by atoms with Crippen molar-refractivity contribution in [2.45, 2.75) is 19.3 Å². The summed E-state index contributed by atoms with van der Waals surface area (Å²) in [6.07, 6.45) is 4.81. The Morgan fingerprint density at radius 1 is 1.04 bits per heavy atom. The van der Waals surface area contributed by atoms with Gasteiger partial charge in [-0.2, -0.15) is 0 Å². The predicted octanol–water partition coefficient (Wildman–Crippen LogP) is 2.93. The molecule has 1 aromatic carbocycles. The summed E-state index contributed by atoms with van der Waals surface area (Å²) in [4.78, 5) is 31.7. The molecular weight excluding hydrogens is 366 g/mol. The lowest BCUT2D eigenvalue weighted by atomic mass is 10.1. The number of piperidine rings is 1. The van der Waals surface area contributed by atoms with Crippen molar-refractivity contribution in [2.24, 2.45) is 0 Å². The van der Waals surface area contributed by atoms with E-state index in [9.17, 15) is 20.2 Å². The minimum Gasteiger partial charge on any atom is -0.363 e. The van der Waals surface area contributed by atoms with Crippen molar-refractivity contribution in [1.82, 2.24) is 14.9 Å². The number of rotatable bonds is 8. The molecule has 2 aromatic rings. The molecule has 28 heavy (non-hydrogen) atoms. The quantitative estimate of drug-likeness (QED) is 0.517. The maximum atomic E-state index is 11.6. The number of non-ortho nitro benzene ring substituents is 1. The Kier molecular flexibility index (Phi) is 6.27. The zero-order chi connectivity index (χ0) is 19.9. The van der Waals surface area contributed by atoms with E-state index in [2.05, 4.69) is 25.5 Å².